The number of nitrogens with two attached hydrogens (primary N) is 1. The van der Waals surface area contributed by atoms with Crippen LogP contribution in [0.25, 0.3) is 0 Å². The minimum atomic E-state index is -0.299. The molecule has 1 saturated heterocycles. The molecule has 1 aromatic heterocycles. The van der Waals surface area contributed by atoms with Crippen LogP contribution in [0.4, 0.5) is 0 Å². The molecule has 1 aliphatic heterocycles. The third kappa shape index (κ3) is 3.69. The van der Waals surface area contributed by atoms with Gasteiger partial charge in [-0.15, -0.1) is 5.10 Å². The van der Waals surface area contributed by atoms with E-state index in [2.05, 4.69) is 20.5 Å². The van der Waals surface area contributed by atoms with Gasteiger partial charge >= 0.3 is 0 Å². The lowest BCUT2D eigenvalue weighted by Crippen LogP contribution is -2.56. The molecule has 2 amide bonds. The van der Waals surface area contributed by atoms with E-state index in [-0.39, 0.29) is 17.7 Å². The molecule has 1 aliphatic carbocycles. The van der Waals surface area contributed by atoms with E-state index in [1.54, 1.807) is 4.68 Å². The average Bonchev–Trinajstić information content (AvgIpc) is 2.87. The normalized spacial score (nSPS) is 27.1. The van der Waals surface area contributed by atoms with E-state index in [0.29, 0.717) is 31.5 Å². The molecule has 8 heteroatoms. The Bertz CT molecular complexity index is 586. The number of carbonyl (C=O) groups excluding carboxylic acids is 2. The van der Waals surface area contributed by atoms with Crippen LogP contribution >= 0.6 is 0 Å². The fourth-order valence-electron chi connectivity index (χ4n) is 3.75. The molecule has 8 nitrogen and oxygen atoms in total. The minimum Gasteiger partial charge on any atom is -0.369 e. The van der Waals surface area contributed by atoms with E-state index in [0.717, 1.165) is 31.6 Å². The number of nitrogens with one attached hydrogen (secondary N) is 1. The third-order valence-electron chi connectivity index (χ3n) is 4.97. The van der Waals surface area contributed by atoms with Gasteiger partial charge in [-0.1, -0.05) is 5.21 Å². The van der Waals surface area contributed by atoms with E-state index >= 15 is 0 Å². The summed E-state index contributed by atoms with van der Waals surface area (Å²) in [6.45, 7) is 5.07. The van der Waals surface area contributed by atoms with Crippen LogP contribution in [-0.2, 0) is 16.1 Å². The standard InChI is InChI=1S/C15H24N6O2/c1-10-7-21(19-18-10)5-3-17-15(23)12-6-11-2-4-20(8-13(11)12)9-14(16)22/h7,11-13H,2-6,8-9H2,1H3,(H2,16,22)(H,17,23)/t11-,12-,13-/m1/s1. The molecule has 126 valence electrons. The summed E-state index contributed by atoms with van der Waals surface area (Å²) in [4.78, 5) is 25.5. The summed E-state index contributed by atoms with van der Waals surface area (Å²) in [6, 6.07) is 0. The van der Waals surface area contributed by atoms with E-state index in [9.17, 15) is 9.59 Å². The number of likely N-dealkylation sites (tertiary alicyclic amines) is 1. The predicted octanol–water partition coefficient (Wildman–Crippen LogP) is -0.854. The molecule has 1 saturated carbocycles. The zero-order valence-electron chi connectivity index (χ0n) is 13.4. The number of primary amides is 1. The van der Waals surface area contributed by atoms with Gasteiger partial charge in [-0.3, -0.25) is 19.2 Å². The van der Waals surface area contributed by atoms with Crippen molar-refractivity contribution in [3.8, 4) is 0 Å². The molecule has 1 aromatic rings. The Labute approximate surface area is 135 Å². The number of aromatic nitrogens is 3. The van der Waals surface area contributed by atoms with Gasteiger partial charge in [0.05, 0.1) is 18.8 Å². The van der Waals surface area contributed by atoms with Gasteiger partial charge in [0.2, 0.25) is 11.8 Å². The van der Waals surface area contributed by atoms with Crippen LogP contribution < -0.4 is 11.1 Å². The number of carbonyl (C=O) groups is 2. The van der Waals surface area contributed by atoms with Gasteiger partial charge in [-0.25, -0.2) is 0 Å². The Morgan fingerprint density at radius 1 is 1.48 bits per heavy atom. The van der Waals surface area contributed by atoms with Crippen molar-refractivity contribution in [1.29, 1.82) is 0 Å². The molecule has 0 radical (unpaired) electrons. The van der Waals surface area contributed by atoms with E-state index in [1.807, 2.05) is 13.1 Å². The van der Waals surface area contributed by atoms with Crippen LogP contribution in [0.5, 0.6) is 0 Å². The van der Waals surface area contributed by atoms with Crippen molar-refractivity contribution in [2.45, 2.75) is 26.3 Å². The third-order valence-corrected chi connectivity index (χ3v) is 4.97. The summed E-state index contributed by atoms with van der Waals surface area (Å²) in [5.41, 5.74) is 6.14. The first kappa shape index (κ1) is 15.9. The Morgan fingerprint density at radius 3 is 3.00 bits per heavy atom. The molecule has 3 atom stereocenters. The maximum absolute atomic E-state index is 12.3. The number of piperidine rings is 1. The molecule has 0 spiro atoms. The highest BCUT2D eigenvalue weighted by molar-refractivity contribution is 5.80. The molecule has 2 heterocycles. The molecule has 3 N–H and O–H groups in total. The highest BCUT2D eigenvalue weighted by Crippen LogP contribution is 2.45. The van der Waals surface area contributed by atoms with E-state index in [1.165, 1.54) is 0 Å². The summed E-state index contributed by atoms with van der Waals surface area (Å²) >= 11 is 0. The van der Waals surface area contributed by atoms with Crippen molar-refractivity contribution in [2.75, 3.05) is 26.2 Å². The van der Waals surface area contributed by atoms with E-state index < -0.39 is 0 Å². The Hall–Kier alpha value is -1.96. The molecular formula is C15H24N6O2. The smallest absolute Gasteiger partial charge is 0.231 e. The molecule has 2 aliphatic rings. The van der Waals surface area contributed by atoms with Crippen molar-refractivity contribution >= 4 is 11.8 Å². The van der Waals surface area contributed by atoms with Crippen molar-refractivity contribution in [1.82, 2.24) is 25.2 Å². The Balaban J connectivity index is 1.44. The van der Waals surface area contributed by atoms with Gasteiger partial charge in [-0.2, -0.15) is 0 Å². The van der Waals surface area contributed by atoms with Crippen molar-refractivity contribution in [3.63, 3.8) is 0 Å². The average molecular weight is 320 g/mol. The van der Waals surface area contributed by atoms with Gasteiger partial charge < -0.3 is 11.1 Å². The van der Waals surface area contributed by atoms with Crippen molar-refractivity contribution in [2.24, 2.45) is 23.5 Å². The first-order valence-corrected chi connectivity index (χ1v) is 8.18. The number of aryl methyl sites for hydroxylation is 1. The minimum absolute atomic E-state index is 0.0631. The number of nitrogens with zero attached hydrogens (tertiary/aromatic N) is 4. The molecule has 0 bridgehead atoms. The molecule has 0 unspecified atom stereocenters. The monoisotopic (exact) mass is 320 g/mol. The van der Waals surface area contributed by atoms with Crippen molar-refractivity contribution < 1.29 is 9.59 Å². The highest BCUT2D eigenvalue weighted by Gasteiger charge is 2.47. The van der Waals surface area contributed by atoms with Gasteiger partial charge in [0.15, 0.2) is 0 Å². The predicted molar refractivity (Wildman–Crippen MR) is 83.1 cm³/mol. The topological polar surface area (TPSA) is 106 Å². The zero-order valence-corrected chi connectivity index (χ0v) is 13.4. The van der Waals surface area contributed by atoms with Crippen molar-refractivity contribution in [3.05, 3.63) is 11.9 Å². The SMILES string of the molecule is Cc1cn(CCNC(=O)[C@@H]2C[C@H]3CCN(CC(N)=O)C[C@H]32)nn1. The maximum atomic E-state index is 12.3. The summed E-state index contributed by atoms with van der Waals surface area (Å²) in [5.74, 6) is 0.855. The van der Waals surface area contributed by atoms with Gasteiger partial charge in [0, 0.05) is 25.2 Å². The molecule has 23 heavy (non-hydrogen) atoms. The Morgan fingerprint density at radius 2 is 2.30 bits per heavy atom. The number of rotatable bonds is 6. The Kier molecular flexibility index (Phi) is 4.61. The maximum Gasteiger partial charge on any atom is 0.231 e. The fourth-order valence-corrected chi connectivity index (χ4v) is 3.75. The lowest BCUT2D eigenvalue weighted by atomic mass is 9.61. The lowest BCUT2D eigenvalue weighted by molar-refractivity contribution is -0.137. The van der Waals surface area contributed by atoms with Gasteiger partial charge in [0.25, 0.3) is 0 Å². The van der Waals surface area contributed by atoms with Crippen LogP contribution in [-0.4, -0.2) is 57.9 Å². The van der Waals surface area contributed by atoms with Crippen LogP contribution in [0.3, 0.4) is 0 Å². The largest absolute Gasteiger partial charge is 0.369 e. The molecule has 2 fully saturated rings. The number of fused-ring (bicyclic) bond motifs is 1. The summed E-state index contributed by atoms with van der Waals surface area (Å²) in [6.07, 6.45) is 3.87. The first-order valence-electron chi connectivity index (χ1n) is 8.18. The second-order valence-corrected chi connectivity index (χ2v) is 6.67. The van der Waals surface area contributed by atoms with Gasteiger partial charge in [-0.05, 0) is 38.1 Å². The van der Waals surface area contributed by atoms with Gasteiger partial charge in [0.1, 0.15) is 0 Å². The highest BCUT2D eigenvalue weighted by atomic mass is 16.2. The molecule has 0 aromatic carbocycles. The molecule has 3 rings (SSSR count). The fraction of sp³-hybridized carbons (Fsp3) is 0.733. The summed E-state index contributed by atoms with van der Waals surface area (Å²) < 4.78 is 1.73. The van der Waals surface area contributed by atoms with Crippen LogP contribution in [0, 0.1) is 24.7 Å². The second kappa shape index (κ2) is 6.66. The quantitative estimate of drug-likeness (QED) is 0.710. The van der Waals surface area contributed by atoms with Crippen LogP contribution in [0.15, 0.2) is 6.20 Å². The molecular weight excluding hydrogens is 296 g/mol. The zero-order chi connectivity index (χ0) is 16.4. The van der Waals surface area contributed by atoms with Crippen LogP contribution in [0.1, 0.15) is 18.5 Å². The number of hydrogen-bond acceptors (Lipinski definition) is 5. The number of hydrogen-bond donors (Lipinski definition) is 2. The summed E-state index contributed by atoms with van der Waals surface area (Å²) in [5, 5.41) is 10.9. The summed E-state index contributed by atoms with van der Waals surface area (Å²) in [7, 11) is 0. The number of amides is 2. The first-order chi connectivity index (χ1) is 11.0. The van der Waals surface area contributed by atoms with Crippen LogP contribution in [0.2, 0.25) is 0 Å². The lowest BCUT2D eigenvalue weighted by Gasteiger charge is -2.50. The van der Waals surface area contributed by atoms with E-state index in [4.69, 9.17) is 5.73 Å². The second-order valence-electron chi connectivity index (χ2n) is 6.67.